The fourth-order valence-corrected chi connectivity index (χ4v) is 4.58. The van der Waals surface area contributed by atoms with Crippen molar-refractivity contribution in [2.75, 3.05) is 7.05 Å². The lowest BCUT2D eigenvalue weighted by Crippen LogP contribution is -2.20. The molecular formula is C23H18N6OS2. The van der Waals surface area contributed by atoms with Crippen molar-refractivity contribution in [3.8, 4) is 33.0 Å². The molecule has 4 rings (SSSR count). The second-order valence-electron chi connectivity index (χ2n) is 6.50. The Kier molecular flexibility index (Phi) is 6.65. The van der Waals surface area contributed by atoms with Crippen LogP contribution in [0, 0.1) is 11.3 Å². The molecule has 3 heterocycles. The SMILES string of the molecule is CN=NC(=NN)C(Oc1nc(-c2cccs2)cc(-c2cccs2)c1C#N)c1ccccc1. The highest BCUT2D eigenvalue weighted by Crippen LogP contribution is 2.38. The molecular weight excluding hydrogens is 440 g/mol. The first-order chi connectivity index (χ1) is 15.7. The summed E-state index contributed by atoms with van der Waals surface area (Å²) in [7, 11) is 1.53. The van der Waals surface area contributed by atoms with E-state index in [0.717, 1.165) is 20.9 Å². The maximum atomic E-state index is 10.0. The first-order valence-corrected chi connectivity index (χ1v) is 11.3. The van der Waals surface area contributed by atoms with Gasteiger partial charge >= 0.3 is 0 Å². The maximum absolute atomic E-state index is 10.0. The average Bonchev–Trinajstić information content (AvgIpc) is 3.56. The van der Waals surface area contributed by atoms with Crippen molar-refractivity contribution in [2.24, 2.45) is 21.2 Å². The Balaban J connectivity index is 1.90. The summed E-state index contributed by atoms with van der Waals surface area (Å²) in [6.45, 7) is 0. The average molecular weight is 459 g/mol. The standard InChI is InChI=1S/C23H18N6OS2/c1-26-29-22(28-25)21(15-7-3-2-4-8-15)30-23-17(14-24)16(19-9-5-11-31-19)13-18(27-23)20-10-6-12-32-20/h2-13,21H,25H2,1H3. The van der Waals surface area contributed by atoms with Gasteiger partial charge in [0.15, 0.2) is 6.10 Å². The topological polar surface area (TPSA) is 109 Å². The molecule has 1 atom stereocenters. The summed E-state index contributed by atoms with van der Waals surface area (Å²) in [5, 5.41) is 25.6. The van der Waals surface area contributed by atoms with E-state index in [-0.39, 0.29) is 11.7 Å². The number of hydrogen-bond acceptors (Lipinski definition) is 8. The molecule has 2 N–H and O–H groups in total. The van der Waals surface area contributed by atoms with Crippen molar-refractivity contribution >= 4 is 28.5 Å². The Morgan fingerprint density at radius 3 is 2.38 bits per heavy atom. The molecule has 0 amide bonds. The largest absolute Gasteiger partial charge is 0.460 e. The number of ether oxygens (including phenoxy) is 1. The van der Waals surface area contributed by atoms with Crippen LogP contribution in [0.3, 0.4) is 0 Å². The van der Waals surface area contributed by atoms with Crippen LogP contribution < -0.4 is 10.6 Å². The van der Waals surface area contributed by atoms with E-state index in [1.807, 2.05) is 71.4 Å². The second kappa shape index (κ2) is 9.96. The molecule has 0 bridgehead atoms. The number of hydrogen-bond donors (Lipinski definition) is 1. The molecule has 158 valence electrons. The van der Waals surface area contributed by atoms with Crippen LogP contribution in [0.4, 0.5) is 0 Å². The highest BCUT2D eigenvalue weighted by atomic mass is 32.1. The third-order valence-electron chi connectivity index (χ3n) is 4.56. The number of hydrazone groups is 1. The second-order valence-corrected chi connectivity index (χ2v) is 8.39. The minimum Gasteiger partial charge on any atom is -0.460 e. The van der Waals surface area contributed by atoms with Crippen LogP contribution in [0.2, 0.25) is 0 Å². The Morgan fingerprint density at radius 1 is 1.06 bits per heavy atom. The van der Waals surface area contributed by atoms with Crippen LogP contribution in [-0.2, 0) is 0 Å². The highest BCUT2D eigenvalue weighted by molar-refractivity contribution is 7.14. The molecule has 7 nitrogen and oxygen atoms in total. The van der Waals surface area contributed by atoms with E-state index in [1.165, 1.54) is 7.05 Å². The number of azo groups is 1. The molecule has 4 aromatic rings. The summed E-state index contributed by atoms with van der Waals surface area (Å²) < 4.78 is 6.32. The quantitative estimate of drug-likeness (QED) is 0.128. The summed E-state index contributed by atoms with van der Waals surface area (Å²) in [4.78, 5) is 6.62. The summed E-state index contributed by atoms with van der Waals surface area (Å²) in [5.41, 5.74) is 2.56. The van der Waals surface area contributed by atoms with E-state index in [1.54, 1.807) is 22.7 Å². The van der Waals surface area contributed by atoms with E-state index in [9.17, 15) is 5.26 Å². The maximum Gasteiger partial charge on any atom is 0.234 e. The van der Waals surface area contributed by atoms with Crippen LogP contribution in [0.5, 0.6) is 5.88 Å². The fourth-order valence-electron chi connectivity index (χ4n) is 3.15. The molecule has 1 unspecified atom stereocenters. The van der Waals surface area contributed by atoms with Gasteiger partial charge in [0.2, 0.25) is 11.7 Å². The van der Waals surface area contributed by atoms with E-state index in [4.69, 9.17) is 15.6 Å². The number of nitriles is 1. The molecule has 0 aliphatic heterocycles. The Morgan fingerprint density at radius 2 is 1.78 bits per heavy atom. The van der Waals surface area contributed by atoms with E-state index in [2.05, 4.69) is 21.4 Å². The zero-order chi connectivity index (χ0) is 22.3. The minimum atomic E-state index is -0.792. The fraction of sp³-hybridized carbons (Fsp3) is 0.0870. The molecule has 0 saturated heterocycles. The summed E-state index contributed by atoms with van der Waals surface area (Å²) in [5.74, 6) is 5.96. The number of amidine groups is 1. The number of aromatic nitrogens is 1. The van der Waals surface area contributed by atoms with Gasteiger partial charge in [-0.2, -0.15) is 15.5 Å². The Labute approximate surface area is 193 Å². The van der Waals surface area contributed by atoms with Crippen molar-refractivity contribution in [2.45, 2.75) is 6.10 Å². The lowest BCUT2D eigenvalue weighted by Gasteiger charge is -2.19. The van der Waals surface area contributed by atoms with E-state index >= 15 is 0 Å². The molecule has 0 aliphatic carbocycles. The first-order valence-electron chi connectivity index (χ1n) is 9.57. The van der Waals surface area contributed by atoms with Gasteiger partial charge in [0.05, 0.1) is 10.6 Å². The lowest BCUT2D eigenvalue weighted by molar-refractivity contribution is 0.260. The molecule has 0 spiro atoms. The predicted molar refractivity (Wildman–Crippen MR) is 128 cm³/mol. The van der Waals surface area contributed by atoms with Gasteiger partial charge < -0.3 is 10.6 Å². The van der Waals surface area contributed by atoms with Crippen LogP contribution in [-0.4, -0.2) is 17.9 Å². The normalized spacial score (nSPS) is 12.6. The van der Waals surface area contributed by atoms with Crippen molar-refractivity contribution in [3.63, 3.8) is 0 Å². The molecule has 32 heavy (non-hydrogen) atoms. The number of nitrogens with two attached hydrogens (primary N) is 1. The Bertz CT molecular complexity index is 1280. The van der Waals surface area contributed by atoms with Gasteiger partial charge in [-0.3, -0.25) is 0 Å². The van der Waals surface area contributed by atoms with Gasteiger partial charge in [0.25, 0.3) is 0 Å². The third kappa shape index (κ3) is 4.42. The summed E-state index contributed by atoms with van der Waals surface area (Å²) in [6, 6.07) is 21.4. The predicted octanol–water partition coefficient (Wildman–Crippen LogP) is 5.88. The van der Waals surface area contributed by atoms with Crippen molar-refractivity contribution in [1.29, 1.82) is 5.26 Å². The van der Waals surface area contributed by atoms with Gasteiger partial charge in [-0.1, -0.05) is 42.5 Å². The van der Waals surface area contributed by atoms with Crippen molar-refractivity contribution in [3.05, 3.63) is 82.6 Å². The zero-order valence-corrected chi connectivity index (χ0v) is 18.7. The monoisotopic (exact) mass is 458 g/mol. The number of thiophene rings is 2. The van der Waals surface area contributed by atoms with Gasteiger partial charge in [-0.25, -0.2) is 4.98 Å². The smallest absolute Gasteiger partial charge is 0.234 e. The van der Waals surface area contributed by atoms with Gasteiger partial charge in [0, 0.05) is 23.1 Å². The molecule has 0 fully saturated rings. The third-order valence-corrected chi connectivity index (χ3v) is 6.35. The lowest BCUT2D eigenvalue weighted by atomic mass is 10.1. The molecule has 9 heteroatoms. The number of pyridine rings is 1. The first kappa shape index (κ1) is 21.4. The molecule has 0 saturated carbocycles. The molecule has 3 aromatic heterocycles. The Hall–Kier alpha value is -3.87. The zero-order valence-electron chi connectivity index (χ0n) is 17.0. The van der Waals surface area contributed by atoms with E-state index < -0.39 is 6.10 Å². The van der Waals surface area contributed by atoms with Crippen LogP contribution in [0.15, 0.2) is 86.8 Å². The highest BCUT2D eigenvalue weighted by Gasteiger charge is 2.25. The van der Waals surface area contributed by atoms with Crippen LogP contribution >= 0.6 is 22.7 Å². The van der Waals surface area contributed by atoms with Gasteiger partial charge in [-0.15, -0.1) is 27.8 Å². The number of benzene rings is 1. The molecule has 0 aliphatic rings. The summed E-state index contributed by atoms with van der Waals surface area (Å²) in [6.07, 6.45) is -0.792. The number of rotatable bonds is 6. The van der Waals surface area contributed by atoms with Gasteiger partial charge in [0.1, 0.15) is 11.6 Å². The van der Waals surface area contributed by atoms with Crippen LogP contribution in [0.25, 0.3) is 21.0 Å². The van der Waals surface area contributed by atoms with Crippen molar-refractivity contribution < 1.29 is 4.74 Å². The van der Waals surface area contributed by atoms with Gasteiger partial charge in [-0.05, 0) is 29.0 Å². The molecule has 1 aromatic carbocycles. The summed E-state index contributed by atoms with van der Waals surface area (Å²) >= 11 is 3.11. The number of nitrogens with zero attached hydrogens (tertiary/aromatic N) is 5. The van der Waals surface area contributed by atoms with E-state index in [0.29, 0.717) is 11.3 Å². The minimum absolute atomic E-state index is 0.170. The van der Waals surface area contributed by atoms with Crippen LogP contribution in [0.1, 0.15) is 17.2 Å². The molecule has 0 radical (unpaired) electrons. The van der Waals surface area contributed by atoms with Crippen molar-refractivity contribution in [1.82, 2.24) is 4.98 Å².